The molecule has 0 aliphatic carbocycles. The number of carboxylic acid groups (broad SMARTS) is 1. The highest BCUT2D eigenvalue weighted by Gasteiger charge is 2.33. The molecule has 5 nitrogen and oxygen atoms in total. The lowest BCUT2D eigenvalue weighted by molar-refractivity contribution is -0.148. The average Bonchev–Trinajstić information content (AvgIpc) is 2.14. The fraction of sp³-hybridized carbons (Fsp3) is 0.750. The van der Waals surface area contributed by atoms with Gasteiger partial charge >= 0.3 is 18.2 Å². The molecule has 0 spiro atoms. The Bertz CT molecular complexity index is 273. The van der Waals surface area contributed by atoms with E-state index in [-0.39, 0.29) is 11.4 Å². The Morgan fingerprint density at radius 2 is 2.00 bits per heavy atom. The predicted octanol–water partition coefficient (Wildman–Crippen LogP) is 1.01. The fourth-order valence-electron chi connectivity index (χ4n) is 0.951. The normalized spacial score (nSPS) is 11.1. The summed E-state index contributed by atoms with van der Waals surface area (Å²) in [6, 6.07) is -1.03. The average molecular weight is 274 g/mol. The highest BCUT2D eigenvalue weighted by Crippen LogP contribution is 2.16. The first-order chi connectivity index (χ1) is 7.76. The van der Waals surface area contributed by atoms with Crippen LogP contribution in [-0.4, -0.2) is 59.8 Å². The molecule has 2 amide bonds. The van der Waals surface area contributed by atoms with Gasteiger partial charge < -0.3 is 15.3 Å². The van der Waals surface area contributed by atoms with Gasteiger partial charge in [0, 0.05) is 12.3 Å². The van der Waals surface area contributed by atoms with Gasteiger partial charge in [0.25, 0.3) is 0 Å². The summed E-state index contributed by atoms with van der Waals surface area (Å²) in [6.45, 7) is -2.37. The first-order valence-corrected chi connectivity index (χ1v) is 5.96. The van der Waals surface area contributed by atoms with Gasteiger partial charge in [-0.1, -0.05) is 0 Å². The standard InChI is InChI=1S/C8H13F3N2O3S/c1-17-3-2-12-7(16)13(4-6(14)15)5-8(9,10)11/h2-5H2,1H3,(H,12,16)(H,14,15). The van der Waals surface area contributed by atoms with Crippen molar-refractivity contribution in [3.8, 4) is 0 Å². The van der Waals surface area contributed by atoms with Crippen molar-refractivity contribution < 1.29 is 27.9 Å². The van der Waals surface area contributed by atoms with Gasteiger partial charge in [-0.25, -0.2) is 4.79 Å². The van der Waals surface area contributed by atoms with Crippen molar-refractivity contribution in [1.82, 2.24) is 10.2 Å². The van der Waals surface area contributed by atoms with E-state index in [0.29, 0.717) is 5.75 Å². The van der Waals surface area contributed by atoms with E-state index >= 15 is 0 Å². The van der Waals surface area contributed by atoms with Crippen LogP contribution in [0.3, 0.4) is 0 Å². The van der Waals surface area contributed by atoms with E-state index in [1.807, 2.05) is 0 Å². The summed E-state index contributed by atoms with van der Waals surface area (Å²) in [5.41, 5.74) is 0. The second-order valence-electron chi connectivity index (χ2n) is 3.09. The van der Waals surface area contributed by atoms with Gasteiger partial charge in [-0.3, -0.25) is 4.79 Å². The van der Waals surface area contributed by atoms with Crippen LogP contribution in [0.2, 0.25) is 0 Å². The first-order valence-electron chi connectivity index (χ1n) is 4.56. The van der Waals surface area contributed by atoms with Gasteiger partial charge in [0.2, 0.25) is 0 Å². The molecule has 0 fully saturated rings. The van der Waals surface area contributed by atoms with Gasteiger partial charge in [0.1, 0.15) is 13.1 Å². The van der Waals surface area contributed by atoms with E-state index in [2.05, 4.69) is 5.32 Å². The molecule has 0 aromatic heterocycles. The molecule has 0 aliphatic rings. The van der Waals surface area contributed by atoms with Crippen molar-refractivity contribution >= 4 is 23.8 Å². The molecule has 100 valence electrons. The SMILES string of the molecule is CSCCNC(=O)N(CC(=O)O)CC(F)(F)F. The highest BCUT2D eigenvalue weighted by molar-refractivity contribution is 7.98. The number of carbonyl (C=O) groups is 2. The fourth-order valence-corrected chi connectivity index (χ4v) is 1.26. The third-order valence-corrected chi connectivity index (χ3v) is 2.18. The largest absolute Gasteiger partial charge is 0.480 e. The molecule has 0 saturated heterocycles. The van der Waals surface area contributed by atoms with Crippen LogP contribution in [0.25, 0.3) is 0 Å². The molecule has 0 atom stereocenters. The number of amides is 2. The van der Waals surface area contributed by atoms with E-state index in [1.165, 1.54) is 11.8 Å². The summed E-state index contributed by atoms with van der Waals surface area (Å²) < 4.78 is 36.3. The number of hydrogen-bond donors (Lipinski definition) is 2. The minimum absolute atomic E-state index is 0.188. The molecule has 0 rings (SSSR count). The molecule has 0 bridgehead atoms. The minimum Gasteiger partial charge on any atom is -0.480 e. The number of carboxylic acids is 1. The lowest BCUT2D eigenvalue weighted by Crippen LogP contribution is -2.47. The second kappa shape index (κ2) is 7.25. The zero-order valence-corrected chi connectivity index (χ0v) is 9.90. The Labute approximate surface area is 100 Å². The summed E-state index contributed by atoms with van der Waals surface area (Å²) in [5, 5.41) is 10.6. The van der Waals surface area contributed by atoms with Gasteiger partial charge in [0.15, 0.2) is 0 Å². The quantitative estimate of drug-likeness (QED) is 0.709. The van der Waals surface area contributed by atoms with E-state index in [9.17, 15) is 22.8 Å². The zero-order valence-electron chi connectivity index (χ0n) is 9.08. The van der Waals surface area contributed by atoms with Crippen molar-refractivity contribution in [1.29, 1.82) is 0 Å². The van der Waals surface area contributed by atoms with Crippen LogP contribution in [0.4, 0.5) is 18.0 Å². The predicted molar refractivity (Wildman–Crippen MR) is 57.0 cm³/mol. The number of nitrogens with zero attached hydrogens (tertiary/aromatic N) is 1. The molecule has 0 aromatic carbocycles. The lowest BCUT2D eigenvalue weighted by atomic mass is 10.4. The molecule has 0 heterocycles. The van der Waals surface area contributed by atoms with Crippen molar-refractivity contribution in [3.05, 3.63) is 0 Å². The van der Waals surface area contributed by atoms with Crippen molar-refractivity contribution in [2.75, 3.05) is 31.6 Å². The Hall–Kier alpha value is -1.12. The molecule has 17 heavy (non-hydrogen) atoms. The Kier molecular flexibility index (Phi) is 6.78. The molecule has 9 heteroatoms. The zero-order chi connectivity index (χ0) is 13.5. The Balaban J connectivity index is 4.35. The molecule has 0 saturated carbocycles. The summed E-state index contributed by atoms with van der Waals surface area (Å²) in [4.78, 5) is 21.8. The van der Waals surface area contributed by atoms with Gasteiger partial charge in [-0.05, 0) is 6.26 Å². The summed E-state index contributed by atoms with van der Waals surface area (Å²) in [7, 11) is 0. The minimum atomic E-state index is -4.62. The Morgan fingerprint density at radius 3 is 2.41 bits per heavy atom. The molecular weight excluding hydrogens is 261 g/mol. The van der Waals surface area contributed by atoms with Gasteiger partial charge in [0.05, 0.1) is 0 Å². The molecule has 0 unspecified atom stereocenters. The number of alkyl halides is 3. The van der Waals surface area contributed by atoms with Gasteiger partial charge in [-0.15, -0.1) is 0 Å². The van der Waals surface area contributed by atoms with Crippen molar-refractivity contribution in [2.45, 2.75) is 6.18 Å². The van der Waals surface area contributed by atoms with E-state index in [1.54, 1.807) is 6.26 Å². The van der Waals surface area contributed by atoms with Crippen LogP contribution in [0.15, 0.2) is 0 Å². The van der Waals surface area contributed by atoms with Crippen LogP contribution in [0, 0.1) is 0 Å². The third-order valence-electron chi connectivity index (χ3n) is 1.57. The molecule has 2 N–H and O–H groups in total. The van der Waals surface area contributed by atoms with Crippen molar-refractivity contribution in [3.63, 3.8) is 0 Å². The van der Waals surface area contributed by atoms with Crippen LogP contribution < -0.4 is 5.32 Å². The maximum absolute atomic E-state index is 12.1. The number of urea groups is 1. The second-order valence-corrected chi connectivity index (χ2v) is 4.08. The number of nitrogens with one attached hydrogen (secondary N) is 1. The number of halogens is 3. The molecule has 0 aliphatic heterocycles. The van der Waals surface area contributed by atoms with E-state index in [4.69, 9.17) is 5.11 Å². The monoisotopic (exact) mass is 274 g/mol. The summed E-state index contributed by atoms with van der Waals surface area (Å²) in [6.07, 6.45) is -2.84. The Morgan fingerprint density at radius 1 is 1.41 bits per heavy atom. The molecular formula is C8H13F3N2O3S. The van der Waals surface area contributed by atoms with E-state index in [0.717, 1.165) is 0 Å². The smallest absolute Gasteiger partial charge is 0.406 e. The van der Waals surface area contributed by atoms with Crippen LogP contribution in [-0.2, 0) is 4.79 Å². The van der Waals surface area contributed by atoms with Crippen molar-refractivity contribution in [2.24, 2.45) is 0 Å². The number of rotatable bonds is 6. The number of thioether (sulfide) groups is 1. The maximum atomic E-state index is 12.1. The number of aliphatic carboxylic acids is 1. The number of carbonyl (C=O) groups excluding carboxylic acids is 1. The van der Waals surface area contributed by atoms with Crippen LogP contribution >= 0.6 is 11.8 Å². The molecule has 0 radical (unpaired) electrons. The maximum Gasteiger partial charge on any atom is 0.406 e. The molecule has 0 aromatic rings. The lowest BCUT2D eigenvalue weighted by Gasteiger charge is -2.22. The van der Waals surface area contributed by atoms with E-state index < -0.39 is 31.3 Å². The van der Waals surface area contributed by atoms with Crippen LogP contribution in [0.5, 0.6) is 0 Å². The summed E-state index contributed by atoms with van der Waals surface area (Å²) in [5.74, 6) is -0.951. The number of hydrogen-bond acceptors (Lipinski definition) is 3. The van der Waals surface area contributed by atoms with Gasteiger partial charge in [-0.2, -0.15) is 24.9 Å². The topological polar surface area (TPSA) is 69.6 Å². The third kappa shape index (κ3) is 8.66. The van der Waals surface area contributed by atoms with Crippen LogP contribution in [0.1, 0.15) is 0 Å². The first kappa shape index (κ1) is 15.9. The summed E-state index contributed by atoms with van der Waals surface area (Å²) >= 11 is 1.41. The highest BCUT2D eigenvalue weighted by atomic mass is 32.2.